The summed E-state index contributed by atoms with van der Waals surface area (Å²) in [6, 6.07) is 10.3. The van der Waals surface area contributed by atoms with Crippen LogP contribution >= 0.6 is 0 Å². The number of likely N-dealkylation sites (tertiary alicyclic amines) is 1. The quantitative estimate of drug-likeness (QED) is 0.823. The maximum absolute atomic E-state index is 12.5. The van der Waals surface area contributed by atoms with Crippen molar-refractivity contribution >= 4 is 5.78 Å². The Morgan fingerprint density at radius 3 is 2.87 bits per heavy atom. The average molecular weight is 311 g/mol. The van der Waals surface area contributed by atoms with Gasteiger partial charge in [-0.1, -0.05) is 30.3 Å². The van der Waals surface area contributed by atoms with Crippen LogP contribution in [0.4, 0.5) is 0 Å². The molecule has 2 heterocycles. The zero-order valence-corrected chi connectivity index (χ0v) is 13.8. The molecule has 1 aliphatic rings. The number of nitrogens with zero attached hydrogens (tertiary/aromatic N) is 3. The number of carbonyl (C=O) groups is 1. The molecule has 1 aromatic heterocycles. The summed E-state index contributed by atoms with van der Waals surface area (Å²) in [4.78, 5) is 19.3. The largest absolute Gasteiger partial charge is 0.337 e. The van der Waals surface area contributed by atoms with E-state index in [1.54, 1.807) is 0 Å². The van der Waals surface area contributed by atoms with Gasteiger partial charge in [0.1, 0.15) is 11.6 Å². The van der Waals surface area contributed by atoms with Gasteiger partial charge in [-0.15, -0.1) is 0 Å². The van der Waals surface area contributed by atoms with Crippen molar-refractivity contribution in [3.63, 3.8) is 0 Å². The average Bonchev–Trinajstić information content (AvgIpc) is 2.99. The lowest BCUT2D eigenvalue weighted by molar-refractivity contribution is -0.124. The number of Topliss-reactive ketones (excluding diaryl/α,β-unsaturated/α-hetero) is 1. The zero-order valence-electron chi connectivity index (χ0n) is 13.8. The van der Waals surface area contributed by atoms with Crippen LogP contribution in [0.15, 0.2) is 42.7 Å². The Kier molecular flexibility index (Phi) is 5.23. The van der Waals surface area contributed by atoms with Crippen molar-refractivity contribution in [2.24, 2.45) is 13.0 Å². The number of aryl methyl sites for hydroxylation is 2. The molecule has 1 aliphatic heterocycles. The van der Waals surface area contributed by atoms with Crippen molar-refractivity contribution in [2.75, 3.05) is 13.1 Å². The van der Waals surface area contributed by atoms with Gasteiger partial charge in [0.25, 0.3) is 0 Å². The number of carbonyl (C=O) groups excluding carboxylic acids is 1. The minimum absolute atomic E-state index is 0.188. The molecule has 0 radical (unpaired) electrons. The first kappa shape index (κ1) is 15.9. The Hall–Kier alpha value is -1.94. The second kappa shape index (κ2) is 7.55. The standard InChI is InChI=1S/C19H25N3O/c1-21-13-11-20-19(21)15-22-12-5-8-17(14-22)18(23)10-9-16-6-3-2-4-7-16/h2-4,6-7,11,13,17H,5,8-10,12,14-15H2,1H3. The summed E-state index contributed by atoms with van der Waals surface area (Å²) >= 11 is 0. The predicted molar refractivity (Wildman–Crippen MR) is 91.0 cm³/mol. The Morgan fingerprint density at radius 2 is 2.13 bits per heavy atom. The number of rotatable bonds is 6. The third-order valence-corrected chi connectivity index (χ3v) is 4.75. The van der Waals surface area contributed by atoms with Crippen LogP contribution in [0, 0.1) is 5.92 Å². The fourth-order valence-corrected chi connectivity index (χ4v) is 3.33. The first-order valence-corrected chi connectivity index (χ1v) is 8.47. The smallest absolute Gasteiger partial charge is 0.137 e. The van der Waals surface area contributed by atoms with E-state index in [-0.39, 0.29) is 5.92 Å². The molecular formula is C19H25N3O. The van der Waals surface area contributed by atoms with Crippen LogP contribution in [0.3, 0.4) is 0 Å². The van der Waals surface area contributed by atoms with Gasteiger partial charge in [-0.25, -0.2) is 4.98 Å². The van der Waals surface area contributed by atoms with Gasteiger partial charge >= 0.3 is 0 Å². The summed E-state index contributed by atoms with van der Waals surface area (Å²) in [5.41, 5.74) is 1.25. The maximum Gasteiger partial charge on any atom is 0.137 e. The van der Waals surface area contributed by atoms with Gasteiger partial charge < -0.3 is 4.57 Å². The number of piperidine rings is 1. The lowest BCUT2D eigenvalue weighted by atomic mass is 9.90. The molecule has 1 fully saturated rings. The van der Waals surface area contributed by atoms with Crippen molar-refractivity contribution in [2.45, 2.75) is 32.2 Å². The highest BCUT2D eigenvalue weighted by atomic mass is 16.1. The maximum atomic E-state index is 12.5. The van der Waals surface area contributed by atoms with Crippen LogP contribution < -0.4 is 0 Å². The minimum Gasteiger partial charge on any atom is -0.337 e. The van der Waals surface area contributed by atoms with Crippen LogP contribution in [-0.2, 0) is 24.8 Å². The number of hydrogen-bond acceptors (Lipinski definition) is 3. The molecule has 1 aromatic carbocycles. The van der Waals surface area contributed by atoms with Gasteiger partial charge in [0.2, 0.25) is 0 Å². The predicted octanol–water partition coefficient (Wildman–Crippen LogP) is 2.83. The van der Waals surface area contributed by atoms with Crippen LogP contribution in [0.5, 0.6) is 0 Å². The summed E-state index contributed by atoms with van der Waals surface area (Å²) in [6.45, 7) is 2.78. The molecule has 1 unspecified atom stereocenters. The molecule has 23 heavy (non-hydrogen) atoms. The fraction of sp³-hybridized carbons (Fsp3) is 0.474. The van der Waals surface area contributed by atoms with Gasteiger partial charge in [0, 0.05) is 38.3 Å². The molecule has 0 N–H and O–H groups in total. The summed E-state index contributed by atoms with van der Waals surface area (Å²) in [7, 11) is 2.02. The summed E-state index contributed by atoms with van der Waals surface area (Å²) in [6.07, 6.45) is 7.46. The van der Waals surface area contributed by atoms with E-state index in [0.717, 1.165) is 44.7 Å². The zero-order chi connectivity index (χ0) is 16.1. The number of benzene rings is 1. The Bertz CT molecular complexity index is 635. The highest BCUT2D eigenvalue weighted by molar-refractivity contribution is 5.81. The molecule has 2 aromatic rings. The highest BCUT2D eigenvalue weighted by Gasteiger charge is 2.25. The molecule has 3 rings (SSSR count). The Labute approximate surface area is 138 Å². The van der Waals surface area contributed by atoms with Gasteiger partial charge in [-0.3, -0.25) is 9.69 Å². The second-order valence-electron chi connectivity index (χ2n) is 6.48. The van der Waals surface area contributed by atoms with Gasteiger partial charge in [0.05, 0.1) is 6.54 Å². The molecule has 0 aliphatic carbocycles. The van der Waals surface area contributed by atoms with Gasteiger partial charge in [0.15, 0.2) is 0 Å². The molecule has 0 amide bonds. The van der Waals surface area contributed by atoms with E-state index >= 15 is 0 Å². The Balaban J connectivity index is 1.51. The van der Waals surface area contributed by atoms with Crippen molar-refractivity contribution in [3.8, 4) is 0 Å². The van der Waals surface area contributed by atoms with E-state index in [1.165, 1.54) is 5.56 Å². The molecule has 0 bridgehead atoms. The third-order valence-electron chi connectivity index (χ3n) is 4.75. The van der Waals surface area contributed by atoms with Gasteiger partial charge in [-0.2, -0.15) is 0 Å². The van der Waals surface area contributed by atoms with E-state index in [0.29, 0.717) is 12.2 Å². The number of aromatic nitrogens is 2. The Morgan fingerprint density at radius 1 is 1.30 bits per heavy atom. The van der Waals surface area contributed by atoms with Crippen molar-refractivity contribution in [3.05, 3.63) is 54.1 Å². The van der Waals surface area contributed by atoms with Crippen LogP contribution in [0.2, 0.25) is 0 Å². The first-order chi connectivity index (χ1) is 11.2. The number of imidazole rings is 1. The van der Waals surface area contributed by atoms with Gasteiger partial charge in [-0.05, 0) is 31.4 Å². The topological polar surface area (TPSA) is 38.1 Å². The monoisotopic (exact) mass is 311 g/mol. The van der Waals surface area contributed by atoms with Crippen molar-refractivity contribution < 1.29 is 4.79 Å². The van der Waals surface area contributed by atoms with E-state index in [9.17, 15) is 4.79 Å². The normalized spacial score (nSPS) is 18.9. The SMILES string of the molecule is Cn1ccnc1CN1CCCC(C(=O)CCc2ccccc2)C1. The summed E-state index contributed by atoms with van der Waals surface area (Å²) < 4.78 is 2.06. The van der Waals surface area contributed by atoms with E-state index in [2.05, 4.69) is 26.6 Å². The summed E-state index contributed by atoms with van der Waals surface area (Å²) in [5, 5.41) is 0. The third kappa shape index (κ3) is 4.29. The molecule has 1 saturated heterocycles. The van der Waals surface area contributed by atoms with Crippen molar-refractivity contribution in [1.82, 2.24) is 14.5 Å². The number of hydrogen-bond donors (Lipinski definition) is 0. The van der Waals surface area contributed by atoms with E-state index in [4.69, 9.17) is 0 Å². The fourth-order valence-electron chi connectivity index (χ4n) is 3.33. The molecule has 122 valence electrons. The molecule has 4 nitrogen and oxygen atoms in total. The molecule has 0 saturated carbocycles. The van der Waals surface area contributed by atoms with Crippen molar-refractivity contribution in [1.29, 1.82) is 0 Å². The van der Waals surface area contributed by atoms with Crippen LogP contribution in [-0.4, -0.2) is 33.3 Å². The minimum atomic E-state index is 0.188. The lowest BCUT2D eigenvalue weighted by Crippen LogP contribution is -2.38. The molecular weight excluding hydrogens is 286 g/mol. The molecule has 0 spiro atoms. The van der Waals surface area contributed by atoms with E-state index in [1.807, 2.05) is 37.6 Å². The molecule has 1 atom stereocenters. The molecule has 4 heteroatoms. The first-order valence-electron chi connectivity index (χ1n) is 8.47. The summed E-state index contributed by atoms with van der Waals surface area (Å²) in [5.74, 6) is 1.67. The van der Waals surface area contributed by atoms with Crippen LogP contribution in [0.25, 0.3) is 0 Å². The highest BCUT2D eigenvalue weighted by Crippen LogP contribution is 2.21. The lowest BCUT2D eigenvalue weighted by Gasteiger charge is -2.31. The number of ketones is 1. The van der Waals surface area contributed by atoms with Crippen LogP contribution in [0.1, 0.15) is 30.7 Å². The van der Waals surface area contributed by atoms with E-state index < -0.39 is 0 Å². The second-order valence-corrected chi connectivity index (χ2v) is 6.48.